The molecule has 2 N–H and O–H groups in total. The second-order valence-corrected chi connectivity index (χ2v) is 16.1. The van der Waals surface area contributed by atoms with E-state index in [1.165, 1.54) is 24.8 Å². The second kappa shape index (κ2) is 15.5. The van der Waals surface area contributed by atoms with Gasteiger partial charge in [0.05, 0.1) is 18.8 Å². The minimum absolute atomic E-state index is 0.0657. The molecule has 2 saturated heterocycles. The molecule has 12 heteroatoms. The number of fused-ring (bicyclic) bond motifs is 2. The van der Waals surface area contributed by atoms with E-state index in [1.54, 1.807) is 32.6 Å². The molecular weight excluding hydrogens is 638 g/mol. The van der Waals surface area contributed by atoms with Gasteiger partial charge in [0.2, 0.25) is 17.7 Å². The lowest BCUT2D eigenvalue weighted by Gasteiger charge is -2.45. The van der Waals surface area contributed by atoms with Crippen molar-refractivity contribution >= 4 is 23.8 Å². The zero-order chi connectivity index (χ0) is 35.6. The van der Waals surface area contributed by atoms with Crippen LogP contribution >= 0.6 is 0 Å². The number of rotatable bonds is 10. The number of hydrogen-bond donors (Lipinski definition) is 2. The van der Waals surface area contributed by atoms with Crippen LogP contribution in [0, 0.1) is 11.8 Å². The van der Waals surface area contributed by atoms with E-state index < -0.39 is 35.7 Å². The lowest BCUT2D eigenvalue weighted by molar-refractivity contribution is -0.150. The predicted octanol–water partition coefficient (Wildman–Crippen LogP) is 4.03. The summed E-state index contributed by atoms with van der Waals surface area (Å²) in [7, 11) is 1.53. The monoisotopic (exact) mass is 695 g/mol. The van der Waals surface area contributed by atoms with E-state index in [0.717, 1.165) is 63.0 Å². The van der Waals surface area contributed by atoms with Crippen molar-refractivity contribution in [2.24, 2.45) is 11.8 Å². The highest BCUT2D eigenvalue weighted by Gasteiger charge is 2.48. The SMILES string of the molecule is C[C@@H](C(=O)N[C@H](C(=O)N1C[C@H]2C[C@@H](OCC3CC3)CN2C[C@H]1C(=O)N[C@@H]1CCOc2ccccc21)C1CCCCC1)N(C)C(=O)OC(C)(C)C. The molecule has 2 aliphatic carbocycles. The largest absolute Gasteiger partial charge is 0.493 e. The molecular formula is C38H57N5O7. The summed E-state index contributed by atoms with van der Waals surface area (Å²) < 4.78 is 17.7. The maximum absolute atomic E-state index is 14.9. The van der Waals surface area contributed by atoms with Crippen molar-refractivity contribution < 1.29 is 33.4 Å². The topological polar surface area (TPSA) is 130 Å². The second-order valence-electron chi connectivity index (χ2n) is 16.1. The number of piperazine rings is 1. The molecule has 0 bridgehead atoms. The van der Waals surface area contributed by atoms with Crippen molar-refractivity contribution in [2.75, 3.05) is 39.9 Å². The van der Waals surface area contributed by atoms with Crippen LogP contribution in [0.4, 0.5) is 4.79 Å². The molecule has 50 heavy (non-hydrogen) atoms. The van der Waals surface area contributed by atoms with Gasteiger partial charge in [-0.15, -0.1) is 0 Å². The zero-order valence-corrected chi connectivity index (χ0v) is 30.5. The molecule has 3 aliphatic heterocycles. The van der Waals surface area contributed by atoms with E-state index in [4.69, 9.17) is 14.2 Å². The quantitative estimate of drug-likeness (QED) is 0.376. The van der Waals surface area contributed by atoms with Gasteiger partial charge >= 0.3 is 6.09 Å². The average molecular weight is 696 g/mol. The standard InChI is InChI=1S/C38H57N5O7/c1-24(41(5)37(47)50-38(2,3)4)34(44)40-33(26-11-7-6-8-12-26)36(46)43-20-27-19-28(49-23-25-15-16-25)21-42(27)22-31(43)35(45)39-30-17-18-48-32-14-10-9-13-29(30)32/h9-10,13-14,24-28,30-31,33H,6-8,11-12,15-23H2,1-5H3,(H,39,45)(H,40,44)/t24-,27+,28+,30+,31-,33-/m0/s1. The Bertz CT molecular complexity index is 1390. The van der Waals surface area contributed by atoms with Crippen LogP contribution in [-0.4, -0.2) is 114 Å². The van der Waals surface area contributed by atoms with Gasteiger partial charge in [0.15, 0.2) is 0 Å². The first-order chi connectivity index (χ1) is 23.9. The van der Waals surface area contributed by atoms with Gasteiger partial charge in [-0.05, 0) is 77.7 Å². The smallest absolute Gasteiger partial charge is 0.410 e. The Hall–Kier alpha value is -3.38. The Balaban J connectivity index is 1.23. The number of likely N-dealkylation sites (N-methyl/N-ethyl adjacent to an activating group) is 1. The van der Waals surface area contributed by atoms with Gasteiger partial charge in [0.1, 0.15) is 29.5 Å². The number of hydrogen-bond acceptors (Lipinski definition) is 8. The fourth-order valence-electron chi connectivity index (χ4n) is 7.90. The summed E-state index contributed by atoms with van der Waals surface area (Å²) in [6, 6.07) is 5.18. The number of carbonyl (C=O) groups is 4. The van der Waals surface area contributed by atoms with Crippen LogP contribution in [0.5, 0.6) is 5.75 Å². The molecule has 1 aromatic rings. The maximum Gasteiger partial charge on any atom is 0.410 e. The first-order valence-electron chi connectivity index (χ1n) is 18.8. The molecule has 2 saturated carbocycles. The van der Waals surface area contributed by atoms with Crippen molar-refractivity contribution in [3.8, 4) is 5.75 Å². The molecule has 5 aliphatic rings. The third-order valence-electron chi connectivity index (χ3n) is 11.1. The summed E-state index contributed by atoms with van der Waals surface area (Å²) in [5.74, 6) is 0.501. The molecule has 276 valence electrons. The number of nitrogens with zero attached hydrogens (tertiary/aromatic N) is 3. The Morgan fingerprint density at radius 2 is 1.74 bits per heavy atom. The summed E-state index contributed by atoms with van der Waals surface area (Å²) in [5.41, 5.74) is 0.221. The number of carbonyl (C=O) groups excluding carboxylic acids is 4. The van der Waals surface area contributed by atoms with Crippen LogP contribution < -0.4 is 15.4 Å². The van der Waals surface area contributed by atoms with Gasteiger partial charge in [-0.3, -0.25) is 24.2 Å². The van der Waals surface area contributed by atoms with Gasteiger partial charge in [-0.2, -0.15) is 0 Å². The summed E-state index contributed by atoms with van der Waals surface area (Å²) in [5, 5.41) is 6.35. The predicted molar refractivity (Wildman–Crippen MR) is 187 cm³/mol. The molecule has 4 amide bonds. The number of benzene rings is 1. The summed E-state index contributed by atoms with van der Waals surface area (Å²) >= 11 is 0. The third kappa shape index (κ3) is 8.73. The number of nitrogens with one attached hydrogen (secondary N) is 2. The normalized spacial score (nSPS) is 26.9. The molecule has 3 heterocycles. The number of amides is 4. The molecule has 1 aromatic carbocycles. The van der Waals surface area contributed by atoms with Crippen LogP contribution in [0.25, 0.3) is 0 Å². The molecule has 0 radical (unpaired) electrons. The van der Waals surface area contributed by atoms with Crippen molar-refractivity contribution in [1.29, 1.82) is 0 Å². The summed E-state index contributed by atoms with van der Waals surface area (Å²) in [6.07, 6.45) is 7.99. The molecule has 0 unspecified atom stereocenters. The highest BCUT2D eigenvalue weighted by molar-refractivity contribution is 5.94. The highest BCUT2D eigenvalue weighted by atomic mass is 16.6. The molecule has 0 spiro atoms. The Morgan fingerprint density at radius 3 is 2.46 bits per heavy atom. The molecule has 4 fully saturated rings. The van der Waals surface area contributed by atoms with Crippen molar-refractivity contribution in [3.05, 3.63) is 29.8 Å². The van der Waals surface area contributed by atoms with E-state index in [-0.39, 0.29) is 35.9 Å². The first kappa shape index (κ1) is 36.4. The minimum atomic E-state index is -0.868. The fraction of sp³-hybridized carbons (Fsp3) is 0.737. The van der Waals surface area contributed by atoms with Crippen LogP contribution in [0.1, 0.15) is 97.1 Å². The number of para-hydroxylation sites is 1. The lowest BCUT2D eigenvalue weighted by atomic mass is 9.82. The zero-order valence-electron chi connectivity index (χ0n) is 30.5. The van der Waals surface area contributed by atoms with Gasteiger partial charge in [0, 0.05) is 51.3 Å². The van der Waals surface area contributed by atoms with Crippen LogP contribution in [0.2, 0.25) is 0 Å². The van der Waals surface area contributed by atoms with E-state index >= 15 is 0 Å². The van der Waals surface area contributed by atoms with Crippen molar-refractivity contribution in [3.63, 3.8) is 0 Å². The molecule has 6 rings (SSSR count). The maximum atomic E-state index is 14.9. The van der Waals surface area contributed by atoms with Gasteiger partial charge in [-0.25, -0.2) is 4.79 Å². The van der Waals surface area contributed by atoms with Gasteiger partial charge in [-0.1, -0.05) is 37.5 Å². The molecule has 0 aromatic heterocycles. The van der Waals surface area contributed by atoms with E-state index in [9.17, 15) is 19.2 Å². The van der Waals surface area contributed by atoms with Crippen molar-refractivity contribution in [2.45, 2.75) is 127 Å². The van der Waals surface area contributed by atoms with E-state index in [1.807, 2.05) is 24.3 Å². The Morgan fingerprint density at radius 1 is 1.00 bits per heavy atom. The van der Waals surface area contributed by atoms with Gasteiger partial charge < -0.3 is 29.7 Å². The van der Waals surface area contributed by atoms with E-state index in [0.29, 0.717) is 32.0 Å². The molecule has 12 nitrogen and oxygen atoms in total. The Kier molecular flexibility index (Phi) is 11.3. The third-order valence-corrected chi connectivity index (χ3v) is 11.1. The Labute approximate surface area is 296 Å². The van der Waals surface area contributed by atoms with Gasteiger partial charge in [0.25, 0.3) is 0 Å². The number of ether oxygens (including phenoxy) is 3. The van der Waals surface area contributed by atoms with Crippen LogP contribution in [-0.2, 0) is 23.9 Å². The lowest BCUT2D eigenvalue weighted by Crippen LogP contribution is -2.66. The van der Waals surface area contributed by atoms with E-state index in [2.05, 4.69) is 15.5 Å². The summed E-state index contributed by atoms with van der Waals surface area (Å²) in [4.78, 5) is 61.2. The minimum Gasteiger partial charge on any atom is -0.493 e. The van der Waals surface area contributed by atoms with Crippen LogP contribution in [0.3, 0.4) is 0 Å². The highest BCUT2D eigenvalue weighted by Crippen LogP contribution is 2.35. The summed E-state index contributed by atoms with van der Waals surface area (Å²) in [6.45, 7) is 9.77. The van der Waals surface area contributed by atoms with Crippen LogP contribution in [0.15, 0.2) is 24.3 Å². The fourth-order valence-corrected chi connectivity index (χ4v) is 7.90. The van der Waals surface area contributed by atoms with Crippen molar-refractivity contribution in [1.82, 2.24) is 25.3 Å². The molecule has 6 atom stereocenters. The average Bonchev–Trinajstić information content (AvgIpc) is 3.85. The first-order valence-corrected chi connectivity index (χ1v) is 18.8.